The molecular weight excluding hydrogens is 577 g/mol. The first-order chi connectivity index (χ1) is 19.7. The number of halogens is 4. The van der Waals surface area contributed by atoms with Crippen molar-refractivity contribution in [2.45, 2.75) is 33.0 Å². The third-order valence-corrected chi connectivity index (χ3v) is 5.83. The molecule has 2 rings (SSSR count). The summed E-state index contributed by atoms with van der Waals surface area (Å²) in [6.07, 6.45) is -1.81. The van der Waals surface area contributed by atoms with Crippen LogP contribution >= 0.6 is 11.6 Å². The van der Waals surface area contributed by atoms with Crippen LogP contribution in [-0.4, -0.2) is 61.8 Å². The highest BCUT2D eigenvalue weighted by Gasteiger charge is 2.28. The number of nitrogens with two attached hydrogens (primary N) is 3. The highest BCUT2D eigenvalue weighted by molar-refractivity contribution is 6.32. The zero-order chi connectivity index (χ0) is 31.3. The van der Waals surface area contributed by atoms with Gasteiger partial charge in [0.2, 0.25) is 5.96 Å². The summed E-state index contributed by atoms with van der Waals surface area (Å²) in [4.78, 5) is 21.6. The maximum atomic E-state index is 12.7. The van der Waals surface area contributed by atoms with E-state index in [1.54, 1.807) is 17.0 Å². The van der Waals surface area contributed by atoms with Gasteiger partial charge in [-0.3, -0.25) is 4.79 Å². The van der Waals surface area contributed by atoms with Crippen molar-refractivity contribution in [3.63, 3.8) is 0 Å². The number of nitrogens with zero attached hydrogens (tertiary/aromatic N) is 4. The highest BCUT2D eigenvalue weighted by Crippen LogP contribution is 2.25. The molecule has 228 valence electrons. The van der Waals surface area contributed by atoms with Crippen LogP contribution < -0.4 is 27.3 Å². The van der Waals surface area contributed by atoms with E-state index in [1.165, 1.54) is 24.3 Å². The minimum atomic E-state index is -4.57. The number of carbonyl (C=O) groups is 1. The molecule has 0 aromatic heterocycles. The molecule has 0 fully saturated rings. The van der Waals surface area contributed by atoms with Crippen molar-refractivity contribution in [2.24, 2.45) is 32.6 Å². The summed E-state index contributed by atoms with van der Waals surface area (Å²) in [5.74, 6) is -0.215. The monoisotopic (exact) mass is 610 g/mol. The van der Waals surface area contributed by atoms with Crippen LogP contribution in [0.4, 0.5) is 18.9 Å². The lowest BCUT2D eigenvalue weighted by molar-refractivity contribution is -0.156. The summed E-state index contributed by atoms with van der Waals surface area (Å²) < 4.78 is 46.5. The van der Waals surface area contributed by atoms with E-state index in [0.717, 1.165) is 5.56 Å². The molecule has 0 spiro atoms. The molecule has 0 atom stereocenters. The Balaban J connectivity index is 1.82. The number of guanidine groups is 1. The number of carbonyl (C=O) groups excluding carboxylic acids is 1. The minimum Gasteiger partial charge on any atom is -0.492 e. The summed E-state index contributed by atoms with van der Waals surface area (Å²) >= 11 is 6.20. The van der Waals surface area contributed by atoms with E-state index >= 15 is 0 Å². The third kappa shape index (κ3) is 12.5. The number of benzene rings is 2. The molecule has 42 heavy (non-hydrogen) atoms. The standard InChI is InChI=1S/C27H34ClF3N8O3/c1-26(2,15-39(17-33)10-3-11-41-22-9-4-18(13-32)12-21(22)28)14-36-23(40)19-5-7-20(8-6-19)37-24(34)38-25(35)42-16-27(29,30)31/h4-9,12H,3,10-11,13-16,32H2,1-2H3,(H,36,40)(H4,34,35,37,38). The molecular formula is C27H34ClF3N8O3. The number of hydrogen-bond acceptors (Lipinski definition) is 7. The van der Waals surface area contributed by atoms with Gasteiger partial charge in [0.1, 0.15) is 5.75 Å². The molecule has 0 radical (unpaired) electrons. The van der Waals surface area contributed by atoms with Crippen LogP contribution in [0.2, 0.25) is 5.02 Å². The maximum absolute atomic E-state index is 12.7. The molecule has 2 aromatic rings. The number of aliphatic imine (C=N–C) groups is 2. The van der Waals surface area contributed by atoms with Crippen LogP contribution in [0.1, 0.15) is 36.2 Å². The van der Waals surface area contributed by atoms with E-state index in [9.17, 15) is 23.2 Å². The van der Waals surface area contributed by atoms with Gasteiger partial charge < -0.3 is 36.9 Å². The lowest BCUT2D eigenvalue weighted by Crippen LogP contribution is -2.41. The Bertz CT molecular complexity index is 1300. The second kappa shape index (κ2) is 15.7. The van der Waals surface area contributed by atoms with Gasteiger partial charge in [0.25, 0.3) is 11.9 Å². The van der Waals surface area contributed by atoms with E-state index in [1.807, 2.05) is 19.9 Å². The number of ether oxygens (including phenoxy) is 2. The van der Waals surface area contributed by atoms with Crippen LogP contribution in [0.5, 0.6) is 5.75 Å². The Morgan fingerprint density at radius 1 is 1.17 bits per heavy atom. The Hall–Kier alpha value is -4.22. The van der Waals surface area contributed by atoms with Gasteiger partial charge in [0.15, 0.2) is 12.8 Å². The average molecular weight is 611 g/mol. The molecule has 0 saturated heterocycles. The molecule has 0 aliphatic rings. The number of amidine groups is 1. The quantitative estimate of drug-likeness (QED) is 0.0873. The number of amides is 1. The Kier molecular flexibility index (Phi) is 12.7. The van der Waals surface area contributed by atoms with Gasteiger partial charge in [-0.05, 0) is 48.4 Å². The SMILES string of the molecule is CC(C)(CNC(=O)c1ccc(N=C(N)N=C(N)OCC(F)(F)F)cc1)CN(C#N)CCCOc1ccc(CN)cc1Cl. The van der Waals surface area contributed by atoms with Crippen LogP contribution in [0, 0.1) is 16.9 Å². The summed E-state index contributed by atoms with van der Waals surface area (Å²) in [5, 5.41) is 12.9. The Morgan fingerprint density at radius 2 is 1.86 bits per heavy atom. The van der Waals surface area contributed by atoms with Crippen LogP contribution in [-0.2, 0) is 11.3 Å². The smallest absolute Gasteiger partial charge is 0.422 e. The third-order valence-electron chi connectivity index (χ3n) is 5.53. The molecule has 2 aromatic carbocycles. The Labute approximate surface area is 247 Å². The number of nitriles is 1. The van der Waals surface area contributed by atoms with Crippen molar-refractivity contribution in [3.8, 4) is 11.9 Å². The van der Waals surface area contributed by atoms with E-state index in [0.29, 0.717) is 61.2 Å². The first-order valence-corrected chi connectivity index (χ1v) is 13.1. The van der Waals surface area contributed by atoms with Gasteiger partial charge in [-0.2, -0.15) is 23.4 Å². The van der Waals surface area contributed by atoms with Gasteiger partial charge >= 0.3 is 6.18 Å². The first kappa shape index (κ1) is 34.0. The zero-order valence-electron chi connectivity index (χ0n) is 23.2. The molecule has 11 nitrogen and oxygen atoms in total. The minimum absolute atomic E-state index is 0.292. The molecule has 0 saturated carbocycles. The molecule has 0 heterocycles. The second-order valence-electron chi connectivity index (χ2n) is 9.91. The number of alkyl halides is 3. The van der Waals surface area contributed by atoms with E-state index in [2.05, 4.69) is 26.2 Å². The van der Waals surface area contributed by atoms with Crippen molar-refractivity contribution in [1.29, 1.82) is 5.26 Å². The zero-order valence-corrected chi connectivity index (χ0v) is 24.0. The highest BCUT2D eigenvalue weighted by atomic mass is 35.5. The summed E-state index contributed by atoms with van der Waals surface area (Å²) in [5.41, 5.74) is 17.5. The maximum Gasteiger partial charge on any atom is 0.422 e. The number of hydrogen-bond donors (Lipinski definition) is 4. The first-order valence-electron chi connectivity index (χ1n) is 12.7. The number of nitrogens with one attached hydrogen (secondary N) is 1. The van der Waals surface area contributed by atoms with Gasteiger partial charge in [-0.25, -0.2) is 4.99 Å². The van der Waals surface area contributed by atoms with Crippen molar-refractivity contribution in [2.75, 3.05) is 32.8 Å². The normalized spacial score (nSPS) is 12.4. The molecule has 0 unspecified atom stereocenters. The van der Waals surface area contributed by atoms with Crippen molar-refractivity contribution >= 4 is 35.2 Å². The van der Waals surface area contributed by atoms with Crippen molar-refractivity contribution < 1.29 is 27.4 Å². The molecule has 0 aliphatic carbocycles. The summed E-state index contributed by atoms with van der Waals surface area (Å²) in [6, 6.07) is 10.5. The average Bonchev–Trinajstić information content (AvgIpc) is 2.92. The van der Waals surface area contributed by atoms with E-state index in [-0.39, 0.29) is 5.91 Å². The van der Waals surface area contributed by atoms with Crippen molar-refractivity contribution in [3.05, 3.63) is 58.6 Å². The largest absolute Gasteiger partial charge is 0.492 e. The van der Waals surface area contributed by atoms with Gasteiger partial charge in [-0.1, -0.05) is 31.5 Å². The van der Waals surface area contributed by atoms with Crippen LogP contribution in [0.25, 0.3) is 0 Å². The fraction of sp³-hybridized carbons (Fsp3) is 0.407. The van der Waals surface area contributed by atoms with Crippen LogP contribution in [0.15, 0.2) is 52.4 Å². The van der Waals surface area contributed by atoms with Gasteiger partial charge in [0.05, 0.1) is 17.3 Å². The van der Waals surface area contributed by atoms with Gasteiger partial charge in [-0.15, -0.1) is 0 Å². The molecule has 0 bridgehead atoms. The van der Waals surface area contributed by atoms with E-state index < -0.39 is 30.2 Å². The molecule has 0 aliphatic heterocycles. The predicted octanol–water partition coefficient (Wildman–Crippen LogP) is 3.65. The van der Waals surface area contributed by atoms with Crippen molar-refractivity contribution in [1.82, 2.24) is 10.2 Å². The lowest BCUT2D eigenvalue weighted by atomic mass is 9.92. The fourth-order valence-electron chi connectivity index (χ4n) is 3.53. The van der Waals surface area contributed by atoms with Crippen LogP contribution in [0.3, 0.4) is 0 Å². The second-order valence-corrected chi connectivity index (χ2v) is 10.3. The summed E-state index contributed by atoms with van der Waals surface area (Å²) in [7, 11) is 0. The summed E-state index contributed by atoms with van der Waals surface area (Å²) in [6.45, 7) is 4.16. The Morgan fingerprint density at radius 3 is 2.45 bits per heavy atom. The van der Waals surface area contributed by atoms with Gasteiger partial charge in [0, 0.05) is 37.2 Å². The number of rotatable bonds is 13. The predicted molar refractivity (Wildman–Crippen MR) is 154 cm³/mol. The fourth-order valence-corrected chi connectivity index (χ4v) is 3.79. The molecule has 7 N–H and O–H groups in total. The van der Waals surface area contributed by atoms with E-state index in [4.69, 9.17) is 33.5 Å². The molecule has 1 amide bonds. The topological polar surface area (TPSA) is 177 Å². The molecule has 15 heteroatoms. The lowest BCUT2D eigenvalue weighted by Gasteiger charge is -2.29.